The standard InChI is InChI=1S/C8H17NO/c1-3-10-6-8(9-2)7-4-5-7/h7-9H,3-6H2,1-2H3. The van der Waals surface area contributed by atoms with Crippen molar-refractivity contribution >= 4 is 0 Å². The zero-order valence-corrected chi connectivity index (χ0v) is 6.89. The molecule has 2 heteroatoms. The zero-order chi connectivity index (χ0) is 7.40. The van der Waals surface area contributed by atoms with Crippen LogP contribution >= 0.6 is 0 Å². The van der Waals surface area contributed by atoms with Gasteiger partial charge in [0, 0.05) is 12.6 Å². The van der Waals surface area contributed by atoms with Crippen molar-refractivity contribution in [2.75, 3.05) is 20.3 Å². The Morgan fingerprint density at radius 3 is 2.70 bits per heavy atom. The van der Waals surface area contributed by atoms with Crippen LogP contribution in [0.2, 0.25) is 0 Å². The number of hydrogen-bond donors (Lipinski definition) is 1. The Kier molecular flexibility index (Phi) is 3.16. The summed E-state index contributed by atoms with van der Waals surface area (Å²) in [6.07, 6.45) is 2.77. The maximum Gasteiger partial charge on any atom is 0.0622 e. The van der Waals surface area contributed by atoms with Crippen LogP contribution in [0.4, 0.5) is 0 Å². The molecule has 60 valence electrons. The number of hydrogen-bond acceptors (Lipinski definition) is 2. The summed E-state index contributed by atoms with van der Waals surface area (Å²) in [4.78, 5) is 0. The van der Waals surface area contributed by atoms with E-state index in [1.165, 1.54) is 12.8 Å². The van der Waals surface area contributed by atoms with Gasteiger partial charge in [0.05, 0.1) is 6.61 Å². The normalized spacial score (nSPS) is 21.0. The van der Waals surface area contributed by atoms with Crippen LogP contribution in [0.15, 0.2) is 0 Å². The van der Waals surface area contributed by atoms with E-state index in [4.69, 9.17) is 4.74 Å². The molecule has 1 aliphatic rings. The third-order valence-corrected chi connectivity index (χ3v) is 2.06. The smallest absolute Gasteiger partial charge is 0.0622 e. The minimum Gasteiger partial charge on any atom is -0.380 e. The molecule has 0 aromatic carbocycles. The molecule has 0 aromatic rings. The number of nitrogens with one attached hydrogen (secondary N) is 1. The lowest BCUT2D eigenvalue weighted by molar-refractivity contribution is 0.119. The first-order valence-electron chi connectivity index (χ1n) is 4.13. The van der Waals surface area contributed by atoms with Gasteiger partial charge in [-0.25, -0.2) is 0 Å². The summed E-state index contributed by atoms with van der Waals surface area (Å²) in [7, 11) is 2.02. The summed E-state index contributed by atoms with van der Waals surface area (Å²) in [5.41, 5.74) is 0. The Morgan fingerprint density at radius 1 is 1.60 bits per heavy atom. The molecule has 0 spiro atoms. The van der Waals surface area contributed by atoms with E-state index in [2.05, 4.69) is 5.32 Å². The molecule has 0 saturated heterocycles. The topological polar surface area (TPSA) is 21.3 Å². The predicted molar refractivity (Wildman–Crippen MR) is 42.1 cm³/mol. The molecule has 1 aliphatic carbocycles. The van der Waals surface area contributed by atoms with Crippen molar-refractivity contribution in [1.82, 2.24) is 5.32 Å². The summed E-state index contributed by atoms with van der Waals surface area (Å²) in [6.45, 7) is 3.77. The lowest BCUT2D eigenvalue weighted by Crippen LogP contribution is -2.32. The van der Waals surface area contributed by atoms with E-state index in [1.807, 2.05) is 14.0 Å². The van der Waals surface area contributed by atoms with Crippen LogP contribution in [-0.2, 0) is 4.74 Å². The molecular weight excluding hydrogens is 126 g/mol. The Morgan fingerprint density at radius 2 is 2.30 bits per heavy atom. The second kappa shape index (κ2) is 3.94. The minimum atomic E-state index is 0.611. The fourth-order valence-electron chi connectivity index (χ4n) is 1.20. The van der Waals surface area contributed by atoms with Crippen molar-refractivity contribution < 1.29 is 4.74 Å². The summed E-state index contributed by atoms with van der Waals surface area (Å²) >= 11 is 0. The van der Waals surface area contributed by atoms with E-state index in [9.17, 15) is 0 Å². The molecule has 1 rings (SSSR count). The van der Waals surface area contributed by atoms with Crippen LogP contribution in [0.1, 0.15) is 19.8 Å². The summed E-state index contributed by atoms with van der Waals surface area (Å²) in [5.74, 6) is 0.900. The molecule has 0 aliphatic heterocycles. The number of likely N-dealkylation sites (N-methyl/N-ethyl adjacent to an activating group) is 1. The molecule has 1 fully saturated rings. The van der Waals surface area contributed by atoms with Gasteiger partial charge in [-0.3, -0.25) is 0 Å². The van der Waals surface area contributed by atoms with Crippen molar-refractivity contribution in [3.63, 3.8) is 0 Å². The average molecular weight is 143 g/mol. The Labute approximate surface area is 63.0 Å². The SMILES string of the molecule is CCOCC(NC)C1CC1. The molecule has 0 amide bonds. The fraction of sp³-hybridized carbons (Fsp3) is 1.00. The summed E-state index contributed by atoms with van der Waals surface area (Å²) < 4.78 is 5.33. The van der Waals surface area contributed by atoms with Gasteiger partial charge in [-0.2, -0.15) is 0 Å². The second-order valence-electron chi connectivity index (χ2n) is 2.89. The molecule has 0 heterocycles. The third-order valence-electron chi connectivity index (χ3n) is 2.06. The highest BCUT2D eigenvalue weighted by atomic mass is 16.5. The Hall–Kier alpha value is -0.0800. The molecule has 1 saturated carbocycles. The molecular formula is C8H17NO. The van der Waals surface area contributed by atoms with Gasteiger partial charge in [-0.05, 0) is 32.7 Å². The van der Waals surface area contributed by atoms with E-state index in [-0.39, 0.29) is 0 Å². The molecule has 0 bridgehead atoms. The lowest BCUT2D eigenvalue weighted by Gasteiger charge is -2.13. The Balaban J connectivity index is 2.07. The van der Waals surface area contributed by atoms with Gasteiger partial charge in [-0.15, -0.1) is 0 Å². The highest BCUT2D eigenvalue weighted by Crippen LogP contribution is 2.32. The van der Waals surface area contributed by atoms with Crippen molar-refractivity contribution in [2.24, 2.45) is 5.92 Å². The maximum absolute atomic E-state index is 5.33. The number of rotatable bonds is 5. The first-order valence-corrected chi connectivity index (χ1v) is 4.13. The second-order valence-corrected chi connectivity index (χ2v) is 2.89. The van der Waals surface area contributed by atoms with E-state index < -0.39 is 0 Å². The molecule has 0 aromatic heterocycles. The van der Waals surface area contributed by atoms with Gasteiger partial charge in [0.1, 0.15) is 0 Å². The van der Waals surface area contributed by atoms with Gasteiger partial charge in [0.25, 0.3) is 0 Å². The minimum absolute atomic E-state index is 0.611. The molecule has 10 heavy (non-hydrogen) atoms. The largest absolute Gasteiger partial charge is 0.380 e. The molecule has 1 unspecified atom stereocenters. The van der Waals surface area contributed by atoms with Gasteiger partial charge < -0.3 is 10.1 Å². The van der Waals surface area contributed by atoms with Crippen LogP contribution in [0.5, 0.6) is 0 Å². The van der Waals surface area contributed by atoms with Crippen LogP contribution in [-0.4, -0.2) is 26.3 Å². The van der Waals surface area contributed by atoms with Crippen LogP contribution < -0.4 is 5.32 Å². The van der Waals surface area contributed by atoms with Crippen molar-refractivity contribution in [1.29, 1.82) is 0 Å². The first-order chi connectivity index (χ1) is 4.88. The van der Waals surface area contributed by atoms with Gasteiger partial charge in [0.2, 0.25) is 0 Å². The number of ether oxygens (including phenoxy) is 1. The lowest BCUT2D eigenvalue weighted by atomic mass is 10.2. The quantitative estimate of drug-likeness (QED) is 0.620. The first kappa shape index (κ1) is 8.02. The summed E-state index contributed by atoms with van der Waals surface area (Å²) in [6, 6.07) is 0.611. The van der Waals surface area contributed by atoms with Gasteiger partial charge in [0.15, 0.2) is 0 Å². The highest BCUT2D eigenvalue weighted by molar-refractivity contribution is 4.85. The van der Waals surface area contributed by atoms with E-state index in [0.29, 0.717) is 6.04 Å². The monoisotopic (exact) mass is 143 g/mol. The predicted octanol–water partition coefficient (Wildman–Crippen LogP) is 1.02. The van der Waals surface area contributed by atoms with Gasteiger partial charge in [-0.1, -0.05) is 0 Å². The van der Waals surface area contributed by atoms with E-state index in [0.717, 1.165) is 19.1 Å². The Bertz CT molecular complexity index is 91.3. The van der Waals surface area contributed by atoms with Gasteiger partial charge >= 0.3 is 0 Å². The molecule has 1 atom stereocenters. The van der Waals surface area contributed by atoms with Crippen molar-refractivity contribution in [3.05, 3.63) is 0 Å². The molecule has 1 N–H and O–H groups in total. The maximum atomic E-state index is 5.33. The van der Waals surface area contributed by atoms with Crippen LogP contribution in [0, 0.1) is 5.92 Å². The average Bonchev–Trinajstić information content (AvgIpc) is 2.73. The van der Waals surface area contributed by atoms with Crippen molar-refractivity contribution in [3.8, 4) is 0 Å². The third kappa shape index (κ3) is 2.27. The fourth-order valence-corrected chi connectivity index (χ4v) is 1.20. The van der Waals surface area contributed by atoms with Crippen LogP contribution in [0.3, 0.4) is 0 Å². The molecule has 0 radical (unpaired) electrons. The van der Waals surface area contributed by atoms with Crippen molar-refractivity contribution in [2.45, 2.75) is 25.8 Å². The zero-order valence-electron chi connectivity index (χ0n) is 6.89. The summed E-state index contributed by atoms with van der Waals surface area (Å²) in [5, 5.41) is 3.27. The van der Waals surface area contributed by atoms with Crippen LogP contribution in [0.25, 0.3) is 0 Å². The van der Waals surface area contributed by atoms with E-state index in [1.54, 1.807) is 0 Å². The molecule has 2 nitrogen and oxygen atoms in total. The highest BCUT2D eigenvalue weighted by Gasteiger charge is 2.29. The van der Waals surface area contributed by atoms with E-state index >= 15 is 0 Å².